The Labute approximate surface area is 94.7 Å². The molecule has 0 aliphatic carbocycles. The number of aromatic nitrogens is 2. The number of hydrogen-bond acceptors (Lipinski definition) is 3. The molecule has 1 fully saturated rings. The van der Waals surface area contributed by atoms with Crippen molar-refractivity contribution in [3.8, 4) is 0 Å². The van der Waals surface area contributed by atoms with Crippen LogP contribution < -0.4 is 0 Å². The van der Waals surface area contributed by atoms with Gasteiger partial charge in [0.05, 0.1) is 11.7 Å². The molecule has 3 heterocycles. The molecule has 0 aromatic carbocycles. The zero-order valence-electron chi connectivity index (χ0n) is 9.60. The number of amides is 1. The predicted octanol–water partition coefficient (Wildman–Crippen LogP) is 1.39. The van der Waals surface area contributed by atoms with E-state index in [4.69, 9.17) is 0 Å². The maximum atomic E-state index is 11.6. The van der Waals surface area contributed by atoms with Gasteiger partial charge in [0.15, 0.2) is 0 Å². The molecule has 16 heavy (non-hydrogen) atoms. The molecule has 0 unspecified atom stereocenters. The monoisotopic (exact) mass is 217 g/mol. The molecule has 84 valence electrons. The average molecular weight is 217 g/mol. The second-order valence-electron chi connectivity index (χ2n) is 4.70. The summed E-state index contributed by atoms with van der Waals surface area (Å²) in [6.45, 7) is 3.57. The average Bonchev–Trinajstić information content (AvgIpc) is 2.54. The maximum absolute atomic E-state index is 11.6. The molecule has 4 heteroatoms. The molecule has 1 amide bonds. The largest absolute Gasteiger partial charge is 0.332 e. The van der Waals surface area contributed by atoms with Crippen LogP contribution >= 0.6 is 0 Å². The van der Waals surface area contributed by atoms with E-state index in [0.29, 0.717) is 6.04 Å². The van der Waals surface area contributed by atoms with Crippen molar-refractivity contribution >= 4 is 5.91 Å². The molecule has 0 spiro atoms. The summed E-state index contributed by atoms with van der Waals surface area (Å²) in [5, 5.41) is 0. The van der Waals surface area contributed by atoms with Crippen LogP contribution in [0.1, 0.15) is 42.9 Å². The lowest BCUT2D eigenvalue weighted by molar-refractivity contribution is -0.132. The highest BCUT2D eigenvalue weighted by atomic mass is 16.2. The molecule has 2 aliphatic heterocycles. The molecule has 0 N–H and O–H groups in total. The maximum Gasteiger partial charge on any atom is 0.220 e. The van der Waals surface area contributed by atoms with Gasteiger partial charge in [0.25, 0.3) is 0 Å². The summed E-state index contributed by atoms with van der Waals surface area (Å²) < 4.78 is 0. The van der Waals surface area contributed by atoms with Crippen LogP contribution in [0.5, 0.6) is 0 Å². The van der Waals surface area contributed by atoms with E-state index in [1.54, 1.807) is 6.92 Å². The second-order valence-corrected chi connectivity index (χ2v) is 4.70. The van der Waals surface area contributed by atoms with Crippen molar-refractivity contribution in [2.24, 2.45) is 0 Å². The number of rotatable bonds is 0. The minimum absolute atomic E-state index is 0.179. The van der Waals surface area contributed by atoms with E-state index in [-0.39, 0.29) is 11.9 Å². The van der Waals surface area contributed by atoms with Gasteiger partial charge in [0, 0.05) is 31.1 Å². The number of carbonyl (C=O) groups is 1. The molecule has 0 radical (unpaired) electrons. The zero-order chi connectivity index (χ0) is 11.3. The smallest absolute Gasteiger partial charge is 0.220 e. The molecule has 2 bridgehead atoms. The van der Waals surface area contributed by atoms with E-state index in [9.17, 15) is 4.79 Å². The van der Waals surface area contributed by atoms with Crippen molar-refractivity contribution in [2.75, 3.05) is 0 Å². The third-order valence-corrected chi connectivity index (χ3v) is 3.67. The first kappa shape index (κ1) is 9.75. The molecule has 2 atom stereocenters. The number of hydrogen-bond donors (Lipinski definition) is 0. The van der Waals surface area contributed by atoms with E-state index in [1.165, 1.54) is 0 Å². The van der Waals surface area contributed by atoms with Gasteiger partial charge in [-0.1, -0.05) is 0 Å². The highest BCUT2D eigenvalue weighted by Crippen LogP contribution is 2.42. The molecule has 4 nitrogen and oxygen atoms in total. The third kappa shape index (κ3) is 1.25. The van der Waals surface area contributed by atoms with E-state index in [0.717, 1.165) is 36.3 Å². The molecule has 2 aliphatic rings. The molecule has 0 saturated carbocycles. The summed E-state index contributed by atoms with van der Waals surface area (Å²) in [6.07, 6.45) is 4.96. The van der Waals surface area contributed by atoms with Gasteiger partial charge in [-0.05, 0) is 19.8 Å². The van der Waals surface area contributed by atoms with Gasteiger partial charge < -0.3 is 4.90 Å². The first-order chi connectivity index (χ1) is 7.66. The molecule has 1 aromatic heterocycles. The van der Waals surface area contributed by atoms with Gasteiger partial charge in [0.2, 0.25) is 5.91 Å². The van der Waals surface area contributed by atoms with Gasteiger partial charge >= 0.3 is 0 Å². The highest BCUT2D eigenvalue weighted by molar-refractivity contribution is 5.75. The summed E-state index contributed by atoms with van der Waals surface area (Å²) in [6, 6.07) is 0.594. The van der Waals surface area contributed by atoms with Crippen LogP contribution in [0.2, 0.25) is 0 Å². The first-order valence-electron chi connectivity index (χ1n) is 5.78. The Bertz CT molecular complexity index is 458. The van der Waals surface area contributed by atoms with Crippen LogP contribution in [0, 0.1) is 6.92 Å². The molecule has 1 aromatic rings. The zero-order valence-corrected chi connectivity index (χ0v) is 9.60. The highest BCUT2D eigenvalue weighted by Gasteiger charge is 2.41. The predicted molar refractivity (Wildman–Crippen MR) is 58.8 cm³/mol. The fourth-order valence-electron chi connectivity index (χ4n) is 3.06. The molecular weight excluding hydrogens is 202 g/mol. The lowest BCUT2D eigenvalue weighted by Gasteiger charge is -2.34. The Balaban J connectivity index is 2.08. The number of fused-ring (bicyclic) bond motifs is 4. The lowest BCUT2D eigenvalue weighted by atomic mass is 9.99. The number of carbonyl (C=O) groups excluding carboxylic acids is 1. The molecule has 3 rings (SSSR count). The van der Waals surface area contributed by atoms with Crippen LogP contribution in [0.15, 0.2) is 6.20 Å². The van der Waals surface area contributed by atoms with Gasteiger partial charge in [-0.2, -0.15) is 0 Å². The lowest BCUT2D eigenvalue weighted by Crippen LogP contribution is -2.41. The van der Waals surface area contributed by atoms with Crippen molar-refractivity contribution < 1.29 is 4.79 Å². The van der Waals surface area contributed by atoms with Gasteiger partial charge in [-0.3, -0.25) is 4.79 Å². The van der Waals surface area contributed by atoms with Crippen LogP contribution in [0.25, 0.3) is 0 Å². The van der Waals surface area contributed by atoms with Crippen molar-refractivity contribution in [1.29, 1.82) is 0 Å². The normalized spacial score (nSPS) is 26.8. The van der Waals surface area contributed by atoms with Gasteiger partial charge in [0.1, 0.15) is 5.82 Å². The van der Waals surface area contributed by atoms with Crippen molar-refractivity contribution in [2.45, 2.75) is 45.2 Å². The van der Waals surface area contributed by atoms with Crippen LogP contribution in [-0.4, -0.2) is 26.8 Å². The van der Waals surface area contributed by atoms with Crippen LogP contribution in [0.3, 0.4) is 0 Å². The van der Waals surface area contributed by atoms with Crippen molar-refractivity contribution in [3.05, 3.63) is 23.3 Å². The van der Waals surface area contributed by atoms with E-state index < -0.39 is 0 Å². The summed E-state index contributed by atoms with van der Waals surface area (Å²) in [5.74, 6) is 1.01. The standard InChI is InChI=1S/C12H15N3O/c1-7-13-6-10-11(14-7)5-9-3-4-12(10)15(9)8(2)16/h6,9,12H,3-5H2,1-2H3/t9-,12+/m0/s1. The SMILES string of the molecule is CC(=O)N1[C@H]2CC[C@@H]1c1cnc(C)nc1C2. The van der Waals surface area contributed by atoms with E-state index in [2.05, 4.69) is 9.97 Å². The summed E-state index contributed by atoms with van der Waals surface area (Å²) in [7, 11) is 0. The van der Waals surface area contributed by atoms with E-state index in [1.807, 2.05) is 18.0 Å². The minimum atomic E-state index is 0.179. The summed E-state index contributed by atoms with van der Waals surface area (Å²) in [4.78, 5) is 22.4. The summed E-state index contributed by atoms with van der Waals surface area (Å²) >= 11 is 0. The minimum Gasteiger partial charge on any atom is -0.332 e. The quantitative estimate of drug-likeness (QED) is 0.659. The molecule has 1 saturated heterocycles. The van der Waals surface area contributed by atoms with Gasteiger partial charge in [-0.25, -0.2) is 9.97 Å². The number of aryl methyl sites for hydroxylation is 1. The number of nitrogens with zero attached hydrogens (tertiary/aromatic N) is 3. The van der Waals surface area contributed by atoms with Crippen molar-refractivity contribution in [3.63, 3.8) is 0 Å². The Morgan fingerprint density at radius 2 is 2.31 bits per heavy atom. The van der Waals surface area contributed by atoms with Crippen molar-refractivity contribution in [1.82, 2.24) is 14.9 Å². The Hall–Kier alpha value is -1.45. The Morgan fingerprint density at radius 1 is 1.50 bits per heavy atom. The Kier molecular flexibility index (Phi) is 1.99. The topological polar surface area (TPSA) is 46.1 Å². The van der Waals surface area contributed by atoms with Crippen LogP contribution in [-0.2, 0) is 11.2 Å². The van der Waals surface area contributed by atoms with Gasteiger partial charge in [-0.15, -0.1) is 0 Å². The molecular formula is C12H15N3O. The van der Waals surface area contributed by atoms with Crippen LogP contribution in [0.4, 0.5) is 0 Å². The third-order valence-electron chi connectivity index (χ3n) is 3.67. The second kappa shape index (κ2) is 3.27. The summed E-state index contributed by atoms with van der Waals surface area (Å²) in [5.41, 5.74) is 2.31. The van der Waals surface area contributed by atoms with E-state index >= 15 is 0 Å². The fourth-order valence-corrected chi connectivity index (χ4v) is 3.06. The fraction of sp³-hybridized carbons (Fsp3) is 0.583. The first-order valence-corrected chi connectivity index (χ1v) is 5.78. The Morgan fingerprint density at radius 3 is 3.06 bits per heavy atom.